The molecule has 1 aliphatic rings. The number of rotatable bonds is 3. The first-order valence-corrected chi connectivity index (χ1v) is 5.96. The van der Waals surface area contributed by atoms with Crippen molar-refractivity contribution in [2.45, 2.75) is 11.5 Å². The highest BCUT2D eigenvalue weighted by molar-refractivity contribution is 6.24. The molecule has 0 fully saturated rings. The Kier molecular flexibility index (Phi) is 3.82. The maximum absolute atomic E-state index is 6.16. The van der Waals surface area contributed by atoms with Crippen molar-refractivity contribution in [2.75, 3.05) is 7.11 Å². The maximum atomic E-state index is 6.16. The van der Waals surface area contributed by atoms with Gasteiger partial charge in [0.05, 0.1) is 0 Å². The number of methoxy groups -OCH3 is 1. The van der Waals surface area contributed by atoms with Crippen molar-refractivity contribution in [3.63, 3.8) is 0 Å². The predicted octanol–water partition coefficient (Wildman–Crippen LogP) is 4.17. The van der Waals surface area contributed by atoms with Gasteiger partial charge in [-0.05, 0) is 17.2 Å². The molecule has 0 saturated carbocycles. The summed E-state index contributed by atoms with van der Waals surface area (Å²) in [6, 6.07) is 10.2. The highest BCUT2D eigenvalue weighted by Gasteiger charge is 2.23. The largest absolute Gasteiger partial charge is 0.359 e. The van der Waals surface area contributed by atoms with Crippen LogP contribution in [-0.2, 0) is 4.74 Å². The van der Waals surface area contributed by atoms with Gasteiger partial charge in [-0.1, -0.05) is 66.2 Å². The molecule has 2 heteroatoms. The number of benzene rings is 1. The molecule has 0 heterocycles. The van der Waals surface area contributed by atoms with Gasteiger partial charge in [0, 0.05) is 13.5 Å². The van der Waals surface area contributed by atoms with E-state index in [-0.39, 0.29) is 0 Å². The molecule has 17 heavy (non-hydrogen) atoms. The average molecular weight is 247 g/mol. The third-order valence-electron chi connectivity index (χ3n) is 2.75. The standard InChI is InChI=1S/C15H15ClO/c1-17-15(16)11-9-14(10-12-15)8-7-13-5-3-2-4-6-13/h2-11H,12H2,1H3/b8-7-. The van der Waals surface area contributed by atoms with Crippen LogP contribution < -0.4 is 0 Å². The van der Waals surface area contributed by atoms with Crippen molar-refractivity contribution in [2.24, 2.45) is 0 Å². The second kappa shape index (κ2) is 5.35. The number of halogens is 1. The van der Waals surface area contributed by atoms with Crippen molar-refractivity contribution >= 4 is 17.7 Å². The molecular weight excluding hydrogens is 232 g/mol. The molecule has 1 unspecified atom stereocenters. The molecule has 88 valence electrons. The van der Waals surface area contributed by atoms with Crippen LogP contribution in [0.3, 0.4) is 0 Å². The summed E-state index contributed by atoms with van der Waals surface area (Å²) in [5.41, 5.74) is 2.35. The highest BCUT2D eigenvalue weighted by atomic mass is 35.5. The Morgan fingerprint density at radius 2 is 2.00 bits per heavy atom. The molecule has 0 N–H and O–H groups in total. The minimum absolute atomic E-state index is 0.663. The second-order valence-electron chi connectivity index (χ2n) is 3.98. The number of hydrogen-bond donors (Lipinski definition) is 0. The zero-order valence-corrected chi connectivity index (χ0v) is 10.5. The fourth-order valence-electron chi connectivity index (χ4n) is 1.65. The van der Waals surface area contributed by atoms with Crippen LogP contribution in [0.1, 0.15) is 12.0 Å². The van der Waals surface area contributed by atoms with E-state index in [4.69, 9.17) is 16.3 Å². The van der Waals surface area contributed by atoms with E-state index in [9.17, 15) is 0 Å². The number of ether oxygens (including phenoxy) is 1. The Morgan fingerprint density at radius 3 is 2.59 bits per heavy atom. The summed E-state index contributed by atoms with van der Waals surface area (Å²) < 4.78 is 5.20. The molecule has 2 rings (SSSR count). The van der Waals surface area contributed by atoms with Gasteiger partial charge in [0.1, 0.15) is 0 Å². The van der Waals surface area contributed by atoms with E-state index in [1.165, 1.54) is 5.56 Å². The number of allylic oxidation sites excluding steroid dienone is 3. The van der Waals surface area contributed by atoms with Crippen molar-refractivity contribution in [1.29, 1.82) is 0 Å². The molecule has 0 radical (unpaired) electrons. The van der Waals surface area contributed by atoms with Crippen molar-refractivity contribution < 1.29 is 4.74 Å². The molecule has 1 aromatic carbocycles. The van der Waals surface area contributed by atoms with Gasteiger partial charge in [0.25, 0.3) is 0 Å². The van der Waals surface area contributed by atoms with E-state index in [0.717, 1.165) is 5.57 Å². The van der Waals surface area contributed by atoms with E-state index >= 15 is 0 Å². The van der Waals surface area contributed by atoms with Gasteiger partial charge in [-0.3, -0.25) is 0 Å². The molecule has 1 aliphatic carbocycles. The summed E-state index contributed by atoms with van der Waals surface area (Å²) in [5, 5.41) is -0.663. The van der Waals surface area contributed by atoms with Crippen molar-refractivity contribution in [3.05, 3.63) is 65.8 Å². The highest BCUT2D eigenvalue weighted by Crippen LogP contribution is 2.28. The molecule has 0 aliphatic heterocycles. The van der Waals surface area contributed by atoms with E-state index < -0.39 is 5.06 Å². The third-order valence-corrected chi connectivity index (χ3v) is 3.18. The Labute approximate surface area is 107 Å². The van der Waals surface area contributed by atoms with Crippen LogP contribution in [-0.4, -0.2) is 12.2 Å². The molecular formula is C15H15ClO. The van der Waals surface area contributed by atoms with Crippen molar-refractivity contribution in [3.8, 4) is 0 Å². The Morgan fingerprint density at radius 1 is 1.24 bits per heavy atom. The summed E-state index contributed by atoms with van der Waals surface area (Å²) in [7, 11) is 1.62. The van der Waals surface area contributed by atoms with E-state index in [0.29, 0.717) is 6.42 Å². The molecule has 1 atom stereocenters. The Bertz CT molecular complexity index is 459. The summed E-state index contributed by atoms with van der Waals surface area (Å²) in [5.74, 6) is 0. The smallest absolute Gasteiger partial charge is 0.163 e. The van der Waals surface area contributed by atoms with E-state index in [1.54, 1.807) is 7.11 Å². The lowest BCUT2D eigenvalue weighted by Crippen LogP contribution is -2.21. The summed E-state index contributed by atoms with van der Waals surface area (Å²) in [6.07, 6.45) is 10.8. The maximum Gasteiger partial charge on any atom is 0.163 e. The van der Waals surface area contributed by atoms with Crippen molar-refractivity contribution in [1.82, 2.24) is 0 Å². The Hall–Kier alpha value is -1.31. The van der Waals surface area contributed by atoms with Gasteiger partial charge in [-0.15, -0.1) is 0 Å². The lowest BCUT2D eigenvalue weighted by Gasteiger charge is -2.22. The topological polar surface area (TPSA) is 9.23 Å². The van der Waals surface area contributed by atoms with E-state index in [1.807, 2.05) is 30.4 Å². The van der Waals surface area contributed by atoms with Crippen LogP contribution in [0, 0.1) is 0 Å². The van der Waals surface area contributed by atoms with Gasteiger partial charge in [0.2, 0.25) is 0 Å². The SMILES string of the molecule is COC1(Cl)C=CC(/C=C\c2ccccc2)=CC1. The molecule has 1 aromatic rings. The summed E-state index contributed by atoms with van der Waals surface area (Å²) in [6.45, 7) is 0. The van der Waals surface area contributed by atoms with Gasteiger partial charge in [-0.2, -0.15) is 0 Å². The van der Waals surface area contributed by atoms with Crippen LogP contribution in [0.25, 0.3) is 6.08 Å². The molecule has 0 amide bonds. The zero-order chi connectivity index (χ0) is 12.1. The lowest BCUT2D eigenvalue weighted by atomic mass is 10.0. The normalized spacial score (nSPS) is 24.0. The molecule has 0 aromatic heterocycles. The quantitative estimate of drug-likeness (QED) is 0.728. The fraction of sp³-hybridized carbons (Fsp3) is 0.200. The summed E-state index contributed by atoms with van der Waals surface area (Å²) >= 11 is 6.16. The van der Waals surface area contributed by atoms with Gasteiger partial charge in [0.15, 0.2) is 5.06 Å². The van der Waals surface area contributed by atoms with Crippen LogP contribution in [0.15, 0.2) is 60.2 Å². The van der Waals surface area contributed by atoms with Crippen LogP contribution in [0.4, 0.5) is 0 Å². The van der Waals surface area contributed by atoms with Gasteiger partial charge in [-0.25, -0.2) is 0 Å². The first-order valence-electron chi connectivity index (χ1n) is 5.58. The number of alkyl halides is 1. The molecule has 0 spiro atoms. The minimum atomic E-state index is -0.663. The fourth-order valence-corrected chi connectivity index (χ4v) is 1.79. The van der Waals surface area contributed by atoms with Crippen LogP contribution in [0.5, 0.6) is 0 Å². The van der Waals surface area contributed by atoms with E-state index in [2.05, 4.69) is 30.4 Å². The molecule has 1 nitrogen and oxygen atoms in total. The average Bonchev–Trinajstić information content (AvgIpc) is 2.39. The first-order chi connectivity index (χ1) is 8.22. The zero-order valence-electron chi connectivity index (χ0n) is 9.77. The Balaban J connectivity index is 2.03. The predicted molar refractivity (Wildman–Crippen MR) is 72.9 cm³/mol. The number of hydrogen-bond acceptors (Lipinski definition) is 1. The van der Waals surface area contributed by atoms with Crippen LogP contribution >= 0.6 is 11.6 Å². The summed E-state index contributed by atoms with van der Waals surface area (Å²) in [4.78, 5) is 0. The third kappa shape index (κ3) is 3.32. The first kappa shape index (κ1) is 12.2. The monoisotopic (exact) mass is 246 g/mol. The van der Waals surface area contributed by atoms with Crippen LogP contribution in [0.2, 0.25) is 0 Å². The van der Waals surface area contributed by atoms with Gasteiger partial charge >= 0.3 is 0 Å². The molecule has 0 saturated heterocycles. The lowest BCUT2D eigenvalue weighted by molar-refractivity contribution is 0.106. The second-order valence-corrected chi connectivity index (χ2v) is 4.62. The van der Waals surface area contributed by atoms with Gasteiger partial charge < -0.3 is 4.74 Å². The minimum Gasteiger partial charge on any atom is -0.359 e. The molecule has 0 bridgehead atoms.